The topological polar surface area (TPSA) is 32.8 Å². The molecule has 0 aliphatic carbocycles. The maximum absolute atomic E-state index is 12.8. The van der Waals surface area contributed by atoms with E-state index in [4.69, 9.17) is 17.0 Å². The van der Waals surface area contributed by atoms with Gasteiger partial charge < -0.3 is 14.5 Å². The quantitative estimate of drug-likeness (QED) is 0.721. The molecule has 1 unspecified atom stereocenters. The summed E-state index contributed by atoms with van der Waals surface area (Å²) in [6.45, 7) is 1.70. The Hall–Kier alpha value is -1.83. The number of fused-ring (bicyclic) bond motifs is 1. The van der Waals surface area contributed by atoms with Crippen molar-refractivity contribution in [1.29, 1.82) is 0 Å². The Labute approximate surface area is 144 Å². The number of hydrogen-bond acceptors (Lipinski definition) is 3. The third-order valence-electron chi connectivity index (χ3n) is 3.82. The minimum absolute atomic E-state index is 0.0105. The van der Waals surface area contributed by atoms with Crippen molar-refractivity contribution in [2.45, 2.75) is 25.6 Å². The minimum Gasteiger partial charge on any atom is -0.461 e. The molecule has 1 aliphatic heterocycles. The normalized spacial score (nSPS) is 17.8. The van der Waals surface area contributed by atoms with Gasteiger partial charge in [0, 0.05) is 20.6 Å². The number of rotatable bonds is 1. The summed E-state index contributed by atoms with van der Waals surface area (Å²) in [6.07, 6.45) is -5.30. The molecule has 0 saturated carbocycles. The molecule has 0 radical (unpaired) electrons. The number of amides is 1. The summed E-state index contributed by atoms with van der Waals surface area (Å²) in [5.41, 5.74) is 2.64. The summed E-state index contributed by atoms with van der Waals surface area (Å²) < 4.78 is 44.1. The van der Waals surface area contributed by atoms with Crippen LogP contribution in [0.1, 0.15) is 22.8 Å². The van der Waals surface area contributed by atoms with Crippen LogP contribution in [0, 0.1) is 6.92 Å². The van der Waals surface area contributed by atoms with Crippen LogP contribution in [0.25, 0.3) is 0 Å². The third-order valence-corrected chi connectivity index (χ3v) is 4.28. The number of alkyl halides is 3. The zero-order valence-corrected chi connectivity index (χ0v) is 14.5. The van der Waals surface area contributed by atoms with Gasteiger partial charge >= 0.3 is 12.1 Å². The Morgan fingerprint density at radius 1 is 1.38 bits per heavy atom. The predicted molar refractivity (Wildman–Crippen MR) is 87.6 cm³/mol. The number of benzene rings is 1. The molecule has 2 rings (SSSR count). The molecule has 1 heterocycles. The van der Waals surface area contributed by atoms with E-state index in [1.165, 1.54) is 0 Å². The second kappa shape index (κ2) is 6.96. The summed E-state index contributed by atoms with van der Waals surface area (Å²) in [6, 6.07) is 5.61. The fourth-order valence-electron chi connectivity index (χ4n) is 2.60. The number of ether oxygens (including phenoxy) is 1. The molecule has 0 aromatic heterocycles. The SMILES string of the molecule is Cc1ccc2c(c1)CCN(C(=O)C(F)(F)F)CC2OC(=S)N(C)C. The van der Waals surface area contributed by atoms with Crippen molar-refractivity contribution in [2.24, 2.45) is 0 Å². The molecule has 8 heteroatoms. The highest BCUT2D eigenvalue weighted by Crippen LogP contribution is 2.30. The number of aryl methyl sites for hydroxylation is 1. The van der Waals surface area contributed by atoms with E-state index in [1.54, 1.807) is 19.0 Å². The van der Waals surface area contributed by atoms with Gasteiger partial charge in [-0.1, -0.05) is 23.8 Å². The van der Waals surface area contributed by atoms with Crippen molar-refractivity contribution in [1.82, 2.24) is 9.80 Å². The van der Waals surface area contributed by atoms with Crippen LogP contribution in [0.3, 0.4) is 0 Å². The van der Waals surface area contributed by atoms with E-state index < -0.39 is 18.2 Å². The minimum atomic E-state index is -4.90. The maximum Gasteiger partial charge on any atom is 0.471 e. The molecule has 1 amide bonds. The van der Waals surface area contributed by atoms with Crippen molar-refractivity contribution in [3.63, 3.8) is 0 Å². The molecule has 4 nitrogen and oxygen atoms in total. The zero-order valence-electron chi connectivity index (χ0n) is 13.7. The van der Waals surface area contributed by atoms with Crippen molar-refractivity contribution >= 4 is 23.3 Å². The van der Waals surface area contributed by atoms with Crippen LogP contribution in [0.15, 0.2) is 18.2 Å². The number of hydrogen-bond donors (Lipinski definition) is 0. The number of nitrogens with zero attached hydrogens (tertiary/aromatic N) is 2. The van der Waals surface area contributed by atoms with Gasteiger partial charge in [0.1, 0.15) is 6.10 Å². The smallest absolute Gasteiger partial charge is 0.461 e. The Balaban J connectivity index is 2.35. The molecule has 1 aliphatic rings. The lowest BCUT2D eigenvalue weighted by atomic mass is 9.99. The van der Waals surface area contributed by atoms with Gasteiger partial charge in [-0.2, -0.15) is 13.2 Å². The molecule has 0 spiro atoms. The number of halogens is 3. The lowest BCUT2D eigenvalue weighted by Gasteiger charge is -2.27. The first-order chi connectivity index (χ1) is 11.1. The first kappa shape index (κ1) is 18.5. The molecule has 0 saturated heterocycles. The molecule has 1 aromatic rings. The molecule has 1 aromatic carbocycles. The Kier molecular flexibility index (Phi) is 5.37. The van der Waals surface area contributed by atoms with Gasteiger partial charge in [-0.15, -0.1) is 0 Å². The number of carbonyl (C=O) groups excluding carboxylic acids is 1. The lowest BCUT2D eigenvalue weighted by molar-refractivity contribution is -0.186. The van der Waals surface area contributed by atoms with Crippen LogP contribution >= 0.6 is 12.2 Å². The fraction of sp³-hybridized carbons (Fsp3) is 0.500. The largest absolute Gasteiger partial charge is 0.471 e. The highest BCUT2D eigenvalue weighted by molar-refractivity contribution is 7.80. The first-order valence-corrected chi connectivity index (χ1v) is 7.84. The fourth-order valence-corrected chi connectivity index (χ4v) is 2.72. The van der Waals surface area contributed by atoms with Gasteiger partial charge in [-0.25, -0.2) is 0 Å². The highest BCUT2D eigenvalue weighted by Gasteiger charge is 2.44. The molecule has 0 fully saturated rings. The van der Waals surface area contributed by atoms with E-state index in [1.807, 2.05) is 25.1 Å². The summed E-state index contributed by atoms with van der Waals surface area (Å²) in [4.78, 5) is 14.0. The summed E-state index contributed by atoms with van der Waals surface area (Å²) in [5, 5.41) is 0.160. The van der Waals surface area contributed by atoms with Crippen LogP contribution in [0.5, 0.6) is 0 Å². The Morgan fingerprint density at radius 3 is 2.62 bits per heavy atom. The average Bonchev–Trinajstić information content (AvgIpc) is 2.65. The molecule has 0 bridgehead atoms. The standard InChI is InChI=1S/C16H19F3N2O2S/c1-10-4-5-12-11(8-10)6-7-21(14(22)16(17,18)19)9-13(12)23-15(24)20(2)3/h4-5,8,13H,6-7,9H2,1-3H3. The van der Waals surface area contributed by atoms with Crippen LogP contribution in [-0.2, 0) is 16.0 Å². The van der Waals surface area contributed by atoms with E-state index in [0.29, 0.717) is 6.42 Å². The van der Waals surface area contributed by atoms with Gasteiger partial charge in [0.05, 0.1) is 6.54 Å². The van der Waals surface area contributed by atoms with Crippen LogP contribution < -0.4 is 0 Å². The summed E-state index contributed by atoms with van der Waals surface area (Å²) >= 11 is 5.11. The van der Waals surface area contributed by atoms with Gasteiger partial charge in [0.2, 0.25) is 0 Å². The van der Waals surface area contributed by atoms with E-state index in [0.717, 1.165) is 21.6 Å². The van der Waals surface area contributed by atoms with E-state index in [9.17, 15) is 18.0 Å². The van der Waals surface area contributed by atoms with Gasteiger partial charge in [-0.3, -0.25) is 4.79 Å². The molecular formula is C16H19F3N2O2S. The average molecular weight is 360 g/mol. The van der Waals surface area contributed by atoms with Gasteiger partial charge in [0.15, 0.2) is 0 Å². The van der Waals surface area contributed by atoms with Gasteiger partial charge in [-0.05, 0) is 36.7 Å². The van der Waals surface area contributed by atoms with Crippen LogP contribution in [0.4, 0.5) is 13.2 Å². The lowest BCUT2D eigenvalue weighted by Crippen LogP contribution is -2.43. The second-order valence-electron chi connectivity index (χ2n) is 5.97. The van der Waals surface area contributed by atoms with E-state index in [-0.39, 0.29) is 18.3 Å². The third kappa shape index (κ3) is 4.17. The molecule has 1 atom stereocenters. The van der Waals surface area contributed by atoms with Crippen molar-refractivity contribution < 1.29 is 22.7 Å². The zero-order chi connectivity index (χ0) is 18.1. The summed E-state index contributed by atoms with van der Waals surface area (Å²) in [7, 11) is 3.38. The molecule has 132 valence electrons. The molecular weight excluding hydrogens is 341 g/mol. The Morgan fingerprint density at radius 2 is 2.04 bits per heavy atom. The van der Waals surface area contributed by atoms with E-state index in [2.05, 4.69) is 0 Å². The molecule has 24 heavy (non-hydrogen) atoms. The van der Waals surface area contributed by atoms with Crippen LogP contribution in [0.2, 0.25) is 0 Å². The number of carbonyl (C=O) groups is 1. The first-order valence-electron chi connectivity index (χ1n) is 7.43. The number of thiocarbonyl (C=S) groups is 1. The van der Waals surface area contributed by atoms with E-state index >= 15 is 0 Å². The molecule has 0 N–H and O–H groups in total. The van der Waals surface area contributed by atoms with Crippen molar-refractivity contribution in [2.75, 3.05) is 27.2 Å². The van der Waals surface area contributed by atoms with Gasteiger partial charge in [0.25, 0.3) is 5.17 Å². The highest BCUT2D eigenvalue weighted by atomic mass is 32.1. The predicted octanol–water partition coefficient (Wildman–Crippen LogP) is 2.85. The van der Waals surface area contributed by atoms with Crippen LogP contribution in [-0.4, -0.2) is 54.2 Å². The van der Waals surface area contributed by atoms with Crippen molar-refractivity contribution in [3.8, 4) is 0 Å². The second-order valence-corrected chi connectivity index (χ2v) is 6.32. The monoisotopic (exact) mass is 360 g/mol. The summed E-state index contributed by atoms with van der Waals surface area (Å²) in [5.74, 6) is -1.85. The maximum atomic E-state index is 12.8. The Bertz CT molecular complexity index is 647. The van der Waals surface area contributed by atoms with Crippen molar-refractivity contribution in [3.05, 3.63) is 34.9 Å².